The van der Waals surface area contributed by atoms with Crippen LogP contribution >= 0.6 is 0 Å². The number of azo groups is 1. The molecule has 0 bridgehead atoms. The van der Waals surface area contributed by atoms with Gasteiger partial charge in [0.15, 0.2) is 0 Å². The van der Waals surface area contributed by atoms with Crippen molar-refractivity contribution in [2.24, 2.45) is 10.2 Å². The molecule has 0 fully saturated rings. The van der Waals surface area contributed by atoms with E-state index in [0.29, 0.717) is 5.69 Å². The van der Waals surface area contributed by atoms with Gasteiger partial charge in [0.1, 0.15) is 10.6 Å². The lowest BCUT2D eigenvalue weighted by atomic mass is 10.2. The second-order valence-electron chi connectivity index (χ2n) is 6.74. The molecule has 2 aromatic rings. The molecule has 0 atom stereocenters. The van der Waals surface area contributed by atoms with Crippen LogP contribution in [0, 0.1) is 0 Å². The molecule has 0 aliphatic heterocycles. The minimum atomic E-state index is -4.75. The monoisotopic (exact) mass is 522 g/mol. The van der Waals surface area contributed by atoms with Gasteiger partial charge >= 0.3 is 10.4 Å². The highest BCUT2D eigenvalue weighted by Crippen LogP contribution is 2.35. The molecule has 0 saturated heterocycles. The zero-order valence-corrected chi connectivity index (χ0v) is 20.2. The van der Waals surface area contributed by atoms with E-state index in [4.69, 9.17) is 4.55 Å². The summed E-state index contributed by atoms with van der Waals surface area (Å²) >= 11 is 0. The quantitative estimate of drug-likeness (QED) is 0.345. The van der Waals surface area contributed by atoms with Gasteiger partial charge in [-0.15, -0.1) is 5.11 Å². The van der Waals surface area contributed by atoms with Crippen molar-refractivity contribution in [2.75, 3.05) is 42.7 Å². The largest absolute Gasteiger partial charge is 0.397 e. The Kier molecular flexibility index (Phi) is 8.15. The summed E-state index contributed by atoms with van der Waals surface area (Å²) in [5.41, 5.74) is 0.790. The van der Waals surface area contributed by atoms with Gasteiger partial charge < -0.3 is 4.90 Å². The third-order valence-electron chi connectivity index (χ3n) is 4.21. The van der Waals surface area contributed by atoms with Crippen LogP contribution in [0.25, 0.3) is 0 Å². The van der Waals surface area contributed by atoms with Crippen molar-refractivity contribution in [3.63, 3.8) is 0 Å². The summed E-state index contributed by atoms with van der Waals surface area (Å²) in [5.74, 6) is -0.704. The fourth-order valence-electron chi connectivity index (χ4n) is 2.56. The topological polar surface area (TPSA) is 183 Å². The van der Waals surface area contributed by atoms with Crippen molar-refractivity contribution in [3.8, 4) is 0 Å². The van der Waals surface area contributed by atoms with Crippen molar-refractivity contribution in [1.29, 1.82) is 0 Å². The van der Waals surface area contributed by atoms with Crippen LogP contribution in [0.2, 0.25) is 0 Å². The summed E-state index contributed by atoms with van der Waals surface area (Å²) in [5, 5.41) is 7.94. The van der Waals surface area contributed by atoms with Crippen LogP contribution in [0.3, 0.4) is 0 Å². The molecule has 0 radical (unpaired) electrons. The summed E-state index contributed by atoms with van der Waals surface area (Å²) < 4.78 is 92.0. The maximum atomic E-state index is 12.3. The van der Waals surface area contributed by atoms with Crippen LogP contribution < -0.4 is 9.21 Å². The Labute approximate surface area is 192 Å². The van der Waals surface area contributed by atoms with Crippen LogP contribution in [-0.2, 0) is 34.7 Å². The molecular weight excluding hydrogens is 500 g/mol. The average molecular weight is 523 g/mol. The molecule has 16 heteroatoms. The Bertz CT molecular complexity index is 1340. The van der Waals surface area contributed by atoms with Gasteiger partial charge in [0.25, 0.3) is 10.1 Å². The summed E-state index contributed by atoms with van der Waals surface area (Å²) in [6.07, 6.45) is 0. The number of rotatable bonds is 10. The molecule has 33 heavy (non-hydrogen) atoms. The Morgan fingerprint density at radius 2 is 1.48 bits per heavy atom. The normalized spacial score (nSPS) is 12.8. The SMILES string of the molecule is CN(C)c1cccc(S(=O)(=O)O)c1N=Nc1ccc(N(C)S(=O)(=O)CCOS(=O)(=O)O)cc1. The predicted molar refractivity (Wildman–Crippen MR) is 121 cm³/mol. The minimum absolute atomic E-state index is 0.0763. The molecule has 13 nitrogen and oxygen atoms in total. The molecule has 0 spiro atoms. The van der Waals surface area contributed by atoms with Gasteiger partial charge in [-0.3, -0.25) is 13.4 Å². The Hall–Kier alpha value is -2.63. The van der Waals surface area contributed by atoms with E-state index in [1.807, 2.05) is 0 Å². The lowest BCUT2D eigenvalue weighted by Crippen LogP contribution is -2.31. The summed E-state index contributed by atoms with van der Waals surface area (Å²) in [6.45, 7) is -0.765. The van der Waals surface area contributed by atoms with E-state index in [1.165, 1.54) is 43.4 Å². The smallest absolute Gasteiger partial charge is 0.376 e. The molecule has 0 aliphatic rings. The van der Waals surface area contributed by atoms with Crippen molar-refractivity contribution >= 4 is 53.3 Å². The van der Waals surface area contributed by atoms with Gasteiger partial charge in [-0.2, -0.15) is 21.9 Å². The first-order valence-corrected chi connectivity index (χ1v) is 13.4. The zero-order valence-electron chi connectivity index (χ0n) is 17.7. The highest BCUT2D eigenvalue weighted by Gasteiger charge is 2.21. The molecular formula is C17H22N4O9S3. The number of anilines is 2. The highest BCUT2D eigenvalue weighted by atomic mass is 32.3. The molecule has 0 saturated carbocycles. The van der Waals surface area contributed by atoms with E-state index in [1.54, 1.807) is 25.1 Å². The first-order chi connectivity index (χ1) is 15.1. The first-order valence-electron chi connectivity index (χ1n) is 9.00. The van der Waals surface area contributed by atoms with E-state index in [9.17, 15) is 29.8 Å². The number of benzene rings is 2. The van der Waals surface area contributed by atoms with Crippen LogP contribution in [0.15, 0.2) is 57.6 Å². The minimum Gasteiger partial charge on any atom is -0.376 e. The fraction of sp³-hybridized carbons (Fsp3) is 0.294. The van der Waals surface area contributed by atoms with E-state index in [2.05, 4.69) is 14.4 Å². The van der Waals surface area contributed by atoms with Crippen molar-refractivity contribution in [2.45, 2.75) is 4.90 Å². The van der Waals surface area contributed by atoms with Crippen LogP contribution in [-0.4, -0.2) is 67.9 Å². The number of nitrogens with zero attached hydrogens (tertiary/aromatic N) is 4. The van der Waals surface area contributed by atoms with E-state index < -0.39 is 47.8 Å². The highest BCUT2D eigenvalue weighted by molar-refractivity contribution is 7.92. The van der Waals surface area contributed by atoms with E-state index in [-0.39, 0.29) is 17.1 Å². The number of sulfonamides is 1. The molecule has 182 valence electrons. The molecule has 2 N–H and O–H groups in total. The van der Waals surface area contributed by atoms with E-state index >= 15 is 0 Å². The Balaban J connectivity index is 2.27. The standard InChI is InChI=1S/C17H22N4O9S3/c1-20(2)15-5-4-6-16(32(24,25)26)17(15)19-18-13-7-9-14(10-8-13)21(3)31(22,23)12-11-30-33(27,28)29/h4-10H,11-12H2,1-3H3,(H,24,25,26)(H,27,28,29). The van der Waals surface area contributed by atoms with Gasteiger partial charge in [-0.25, -0.2) is 12.6 Å². The maximum Gasteiger partial charge on any atom is 0.397 e. The molecule has 2 rings (SSSR count). The second-order valence-corrected chi connectivity index (χ2v) is 11.3. The first kappa shape index (κ1) is 26.6. The van der Waals surface area contributed by atoms with Gasteiger partial charge in [-0.1, -0.05) is 6.07 Å². The number of hydrogen-bond acceptors (Lipinski definition) is 10. The van der Waals surface area contributed by atoms with Gasteiger partial charge in [0, 0.05) is 21.1 Å². The average Bonchev–Trinajstić information content (AvgIpc) is 2.69. The molecule has 0 amide bonds. The third kappa shape index (κ3) is 7.44. The summed E-state index contributed by atoms with van der Waals surface area (Å²) in [4.78, 5) is 1.17. The lowest BCUT2D eigenvalue weighted by molar-refractivity contribution is 0.284. The molecule has 0 unspecified atom stereocenters. The molecule has 0 heterocycles. The van der Waals surface area contributed by atoms with Crippen molar-refractivity contribution in [3.05, 3.63) is 42.5 Å². The summed E-state index contributed by atoms with van der Waals surface area (Å²) in [7, 11) is -8.72. The van der Waals surface area contributed by atoms with Crippen LogP contribution in [0.4, 0.5) is 22.7 Å². The number of hydrogen-bond donors (Lipinski definition) is 2. The maximum absolute atomic E-state index is 12.3. The molecule has 0 aliphatic carbocycles. The second kappa shape index (κ2) is 10.1. The van der Waals surface area contributed by atoms with Gasteiger partial charge in [0.05, 0.1) is 29.4 Å². The van der Waals surface area contributed by atoms with Crippen molar-refractivity contribution < 1.29 is 38.5 Å². The summed E-state index contributed by atoms with van der Waals surface area (Å²) in [6, 6.07) is 9.87. The molecule has 2 aromatic carbocycles. The lowest BCUT2D eigenvalue weighted by Gasteiger charge is -2.19. The van der Waals surface area contributed by atoms with Crippen LogP contribution in [0.1, 0.15) is 0 Å². The Morgan fingerprint density at radius 3 is 2.00 bits per heavy atom. The van der Waals surface area contributed by atoms with Crippen molar-refractivity contribution in [1.82, 2.24) is 0 Å². The Morgan fingerprint density at radius 1 is 0.879 bits per heavy atom. The fourth-order valence-corrected chi connectivity index (χ4v) is 4.61. The van der Waals surface area contributed by atoms with Gasteiger partial charge in [-0.05, 0) is 36.4 Å². The van der Waals surface area contributed by atoms with E-state index in [0.717, 1.165) is 4.31 Å². The zero-order chi connectivity index (χ0) is 25.0. The third-order valence-corrected chi connectivity index (χ3v) is 7.28. The predicted octanol–water partition coefficient (Wildman–Crippen LogP) is 2.00. The van der Waals surface area contributed by atoms with Crippen LogP contribution in [0.5, 0.6) is 0 Å². The molecule has 0 aromatic heterocycles. The van der Waals surface area contributed by atoms with Gasteiger partial charge in [0.2, 0.25) is 10.0 Å².